The molecule has 2 atom stereocenters. The molecule has 1 aromatic carbocycles. The van der Waals surface area contributed by atoms with Crippen LogP contribution in [0.1, 0.15) is 57.6 Å². The summed E-state index contributed by atoms with van der Waals surface area (Å²) in [6, 6.07) is 6.74. The van der Waals surface area contributed by atoms with Crippen molar-refractivity contribution in [1.29, 1.82) is 0 Å². The number of rotatable bonds is 9. The summed E-state index contributed by atoms with van der Waals surface area (Å²) in [5.74, 6) is -0.188. The maximum atomic E-state index is 13.2. The SMILES string of the molecule is CCCCCCC(C)OC(CI)c1cccc(F)c1. The number of hydrogen-bond donors (Lipinski definition) is 0. The van der Waals surface area contributed by atoms with E-state index in [1.54, 1.807) is 12.1 Å². The molecule has 0 aliphatic carbocycles. The van der Waals surface area contributed by atoms with Crippen LogP contribution in [0.25, 0.3) is 0 Å². The van der Waals surface area contributed by atoms with Gasteiger partial charge in [-0.1, -0.05) is 67.3 Å². The molecule has 1 rings (SSSR count). The normalized spacial score (nSPS) is 14.3. The Bertz CT molecular complexity index is 356. The molecule has 1 nitrogen and oxygen atoms in total. The van der Waals surface area contributed by atoms with Gasteiger partial charge in [0.2, 0.25) is 0 Å². The Hall–Kier alpha value is -0.160. The molecule has 0 saturated carbocycles. The van der Waals surface area contributed by atoms with Crippen LogP contribution in [0.3, 0.4) is 0 Å². The van der Waals surface area contributed by atoms with E-state index in [0.717, 1.165) is 16.4 Å². The minimum absolute atomic E-state index is 0.00234. The Kier molecular flexibility index (Phi) is 8.62. The number of unbranched alkanes of at least 4 members (excludes halogenated alkanes) is 3. The van der Waals surface area contributed by atoms with Crippen molar-refractivity contribution >= 4 is 22.6 Å². The standard InChI is InChI=1S/C16H24FIO/c1-3-4-5-6-8-13(2)19-16(12-18)14-9-7-10-15(17)11-14/h7,9-11,13,16H,3-6,8,12H2,1-2H3. The first-order valence-electron chi connectivity index (χ1n) is 7.14. The summed E-state index contributed by atoms with van der Waals surface area (Å²) >= 11 is 2.30. The van der Waals surface area contributed by atoms with Crippen LogP contribution in [-0.4, -0.2) is 10.5 Å². The minimum atomic E-state index is -0.188. The summed E-state index contributed by atoms with van der Waals surface area (Å²) < 4.78 is 20.1. The van der Waals surface area contributed by atoms with Crippen LogP contribution in [-0.2, 0) is 4.74 Å². The van der Waals surface area contributed by atoms with E-state index in [9.17, 15) is 4.39 Å². The molecule has 0 N–H and O–H groups in total. The molecule has 0 spiro atoms. The Balaban J connectivity index is 2.43. The second kappa shape index (κ2) is 9.70. The van der Waals surface area contributed by atoms with Crippen molar-refractivity contribution in [3.63, 3.8) is 0 Å². The minimum Gasteiger partial charge on any atom is -0.370 e. The van der Waals surface area contributed by atoms with E-state index in [1.807, 2.05) is 6.07 Å². The molecule has 0 amide bonds. The van der Waals surface area contributed by atoms with Gasteiger partial charge in [-0.15, -0.1) is 0 Å². The molecule has 0 saturated heterocycles. The fraction of sp³-hybridized carbons (Fsp3) is 0.625. The molecule has 0 aromatic heterocycles. The quantitative estimate of drug-likeness (QED) is 0.305. The largest absolute Gasteiger partial charge is 0.370 e. The Morgan fingerprint density at radius 2 is 2.05 bits per heavy atom. The summed E-state index contributed by atoms with van der Waals surface area (Å²) in [6.45, 7) is 4.33. The fourth-order valence-electron chi connectivity index (χ4n) is 2.12. The smallest absolute Gasteiger partial charge is 0.123 e. The van der Waals surface area contributed by atoms with Gasteiger partial charge >= 0.3 is 0 Å². The van der Waals surface area contributed by atoms with Gasteiger partial charge in [-0.05, 0) is 31.0 Å². The molecule has 1 aromatic rings. The average Bonchev–Trinajstić information content (AvgIpc) is 2.41. The van der Waals surface area contributed by atoms with Crippen LogP contribution in [0.2, 0.25) is 0 Å². The first-order chi connectivity index (χ1) is 9.17. The second-order valence-electron chi connectivity index (χ2n) is 4.99. The third-order valence-corrected chi connectivity index (χ3v) is 4.02. The highest BCUT2D eigenvalue weighted by Crippen LogP contribution is 2.24. The fourth-order valence-corrected chi connectivity index (χ4v) is 2.83. The molecule has 108 valence electrons. The number of halogens is 2. The second-order valence-corrected chi connectivity index (χ2v) is 5.87. The molecule has 0 fully saturated rings. The molecule has 0 heterocycles. The van der Waals surface area contributed by atoms with Crippen LogP contribution in [0, 0.1) is 5.82 Å². The van der Waals surface area contributed by atoms with Gasteiger partial charge in [-0.25, -0.2) is 4.39 Å². The van der Waals surface area contributed by atoms with Crippen molar-refractivity contribution in [2.45, 2.75) is 58.2 Å². The van der Waals surface area contributed by atoms with Gasteiger partial charge in [0, 0.05) is 4.43 Å². The van der Waals surface area contributed by atoms with Crippen LogP contribution in [0.4, 0.5) is 4.39 Å². The first kappa shape index (κ1) is 16.9. The number of alkyl halides is 1. The summed E-state index contributed by atoms with van der Waals surface area (Å²) in [6.07, 6.45) is 6.37. The van der Waals surface area contributed by atoms with E-state index in [-0.39, 0.29) is 18.0 Å². The molecule has 3 heteroatoms. The van der Waals surface area contributed by atoms with Gasteiger partial charge in [-0.2, -0.15) is 0 Å². The van der Waals surface area contributed by atoms with Gasteiger partial charge in [-0.3, -0.25) is 0 Å². The van der Waals surface area contributed by atoms with Crippen molar-refractivity contribution in [2.24, 2.45) is 0 Å². The molecular weight excluding hydrogens is 354 g/mol. The van der Waals surface area contributed by atoms with Gasteiger partial charge in [0.15, 0.2) is 0 Å². The molecule has 0 aliphatic heterocycles. The molecule has 19 heavy (non-hydrogen) atoms. The Morgan fingerprint density at radius 1 is 1.26 bits per heavy atom. The zero-order valence-electron chi connectivity index (χ0n) is 11.9. The van der Waals surface area contributed by atoms with Crippen molar-refractivity contribution in [2.75, 3.05) is 4.43 Å². The highest BCUT2D eigenvalue weighted by atomic mass is 127. The average molecular weight is 378 g/mol. The summed E-state index contributed by atoms with van der Waals surface area (Å²) in [7, 11) is 0. The van der Waals surface area contributed by atoms with E-state index in [2.05, 4.69) is 36.4 Å². The van der Waals surface area contributed by atoms with E-state index < -0.39 is 0 Å². The molecular formula is C16H24FIO. The Labute approximate surface area is 130 Å². The van der Waals surface area contributed by atoms with Gasteiger partial charge in [0.1, 0.15) is 5.82 Å². The van der Waals surface area contributed by atoms with E-state index in [4.69, 9.17) is 4.74 Å². The number of hydrogen-bond acceptors (Lipinski definition) is 1. The maximum Gasteiger partial charge on any atom is 0.123 e. The summed E-state index contributed by atoms with van der Waals surface area (Å²) in [5.41, 5.74) is 0.940. The monoisotopic (exact) mass is 378 g/mol. The number of benzene rings is 1. The highest BCUT2D eigenvalue weighted by Gasteiger charge is 2.14. The third-order valence-electron chi connectivity index (χ3n) is 3.22. The van der Waals surface area contributed by atoms with Crippen LogP contribution in [0.15, 0.2) is 24.3 Å². The zero-order valence-corrected chi connectivity index (χ0v) is 14.0. The van der Waals surface area contributed by atoms with Crippen molar-refractivity contribution in [3.05, 3.63) is 35.6 Å². The maximum absolute atomic E-state index is 13.2. The number of ether oxygens (including phenoxy) is 1. The molecule has 0 aliphatic rings. The topological polar surface area (TPSA) is 9.23 Å². The van der Waals surface area contributed by atoms with Crippen LogP contribution >= 0.6 is 22.6 Å². The summed E-state index contributed by atoms with van der Waals surface area (Å²) in [4.78, 5) is 0. The lowest BCUT2D eigenvalue weighted by atomic mass is 10.1. The van der Waals surface area contributed by atoms with Crippen molar-refractivity contribution in [3.8, 4) is 0 Å². The van der Waals surface area contributed by atoms with Crippen LogP contribution < -0.4 is 0 Å². The molecule has 0 bridgehead atoms. The molecule has 0 radical (unpaired) electrons. The van der Waals surface area contributed by atoms with Gasteiger partial charge < -0.3 is 4.74 Å². The lowest BCUT2D eigenvalue weighted by molar-refractivity contribution is 0.00569. The van der Waals surface area contributed by atoms with Crippen LogP contribution in [0.5, 0.6) is 0 Å². The Morgan fingerprint density at radius 3 is 2.68 bits per heavy atom. The third kappa shape index (κ3) is 6.70. The van der Waals surface area contributed by atoms with E-state index in [1.165, 1.54) is 31.7 Å². The van der Waals surface area contributed by atoms with Crippen molar-refractivity contribution in [1.82, 2.24) is 0 Å². The zero-order chi connectivity index (χ0) is 14.1. The highest BCUT2D eigenvalue weighted by molar-refractivity contribution is 14.1. The summed E-state index contributed by atoms with van der Waals surface area (Å²) in [5, 5.41) is 0. The predicted octanol–water partition coefficient (Wildman–Crippen LogP) is 5.68. The van der Waals surface area contributed by atoms with E-state index >= 15 is 0 Å². The lowest BCUT2D eigenvalue weighted by Crippen LogP contribution is -2.15. The van der Waals surface area contributed by atoms with E-state index in [0.29, 0.717) is 0 Å². The van der Waals surface area contributed by atoms with Gasteiger partial charge in [0.25, 0.3) is 0 Å². The van der Waals surface area contributed by atoms with Crippen molar-refractivity contribution < 1.29 is 9.13 Å². The lowest BCUT2D eigenvalue weighted by Gasteiger charge is -2.21. The predicted molar refractivity (Wildman–Crippen MR) is 87.3 cm³/mol. The van der Waals surface area contributed by atoms with Gasteiger partial charge in [0.05, 0.1) is 12.2 Å². The molecule has 2 unspecified atom stereocenters. The first-order valence-corrected chi connectivity index (χ1v) is 8.66.